The summed E-state index contributed by atoms with van der Waals surface area (Å²) >= 11 is 0. The highest BCUT2D eigenvalue weighted by Gasteiger charge is 2.16. The lowest BCUT2D eigenvalue weighted by Crippen LogP contribution is -2.26. The Morgan fingerprint density at radius 3 is 2.90 bits per heavy atom. The number of amides is 1. The van der Waals surface area contributed by atoms with Crippen LogP contribution in [0, 0.1) is 24.1 Å². The molecule has 0 saturated heterocycles. The van der Waals surface area contributed by atoms with Crippen LogP contribution < -0.4 is 5.32 Å². The predicted octanol–water partition coefficient (Wildman–Crippen LogP) is 3.06. The Hall–Kier alpha value is -2.28. The smallest absolute Gasteiger partial charge is 0.269 e. The molecule has 0 atom stereocenters. The number of aromatic nitrogens is 1. The SMILES string of the molecule is C#Cc1c(C(=O)NCCC(C)C)[nH]c2ccc(F)cc12. The molecule has 0 spiro atoms. The van der Waals surface area contributed by atoms with Crippen molar-refractivity contribution in [3.05, 3.63) is 35.3 Å². The first-order valence-corrected chi connectivity index (χ1v) is 6.59. The van der Waals surface area contributed by atoms with Gasteiger partial charge in [0.15, 0.2) is 0 Å². The summed E-state index contributed by atoms with van der Waals surface area (Å²) in [4.78, 5) is 15.1. The van der Waals surface area contributed by atoms with E-state index >= 15 is 0 Å². The van der Waals surface area contributed by atoms with Gasteiger partial charge < -0.3 is 10.3 Å². The van der Waals surface area contributed by atoms with Crippen LogP contribution in [0.5, 0.6) is 0 Å². The Balaban J connectivity index is 2.30. The third-order valence-corrected chi connectivity index (χ3v) is 3.14. The molecular weight excluding hydrogens is 255 g/mol. The van der Waals surface area contributed by atoms with Crippen LogP contribution in [0.4, 0.5) is 4.39 Å². The number of hydrogen-bond donors (Lipinski definition) is 2. The van der Waals surface area contributed by atoms with Crippen LogP contribution in [0.1, 0.15) is 36.3 Å². The third-order valence-electron chi connectivity index (χ3n) is 3.14. The van der Waals surface area contributed by atoms with Crippen molar-refractivity contribution in [3.8, 4) is 12.3 Å². The summed E-state index contributed by atoms with van der Waals surface area (Å²) in [7, 11) is 0. The molecule has 0 aliphatic heterocycles. The van der Waals surface area contributed by atoms with Crippen LogP contribution in [0.3, 0.4) is 0 Å². The monoisotopic (exact) mass is 272 g/mol. The summed E-state index contributed by atoms with van der Waals surface area (Å²) in [5.41, 5.74) is 1.38. The summed E-state index contributed by atoms with van der Waals surface area (Å²) in [5.74, 6) is 2.35. The van der Waals surface area contributed by atoms with E-state index in [1.54, 1.807) is 6.07 Å². The van der Waals surface area contributed by atoms with Crippen molar-refractivity contribution in [1.29, 1.82) is 0 Å². The molecule has 0 aliphatic rings. The number of terminal acetylenes is 1. The number of H-pyrrole nitrogens is 1. The Morgan fingerprint density at radius 1 is 1.50 bits per heavy atom. The highest BCUT2D eigenvalue weighted by Crippen LogP contribution is 2.22. The van der Waals surface area contributed by atoms with Crippen LogP contribution in [-0.2, 0) is 0 Å². The molecule has 0 unspecified atom stereocenters. The van der Waals surface area contributed by atoms with Crippen molar-refractivity contribution >= 4 is 16.8 Å². The second-order valence-corrected chi connectivity index (χ2v) is 5.15. The number of hydrogen-bond acceptors (Lipinski definition) is 1. The quantitative estimate of drug-likeness (QED) is 0.825. The fourth-order valence-electron chi connectivity index (χ4n) is 2.05. The van der Waals surface area contributed by atoms with Gasteiger partial charge in [0.2, 0.25) is 0 Å². The second-order valence-electron chi connectivity index (χ2n) is 5.15. The van der Waals surface area contributed by atoms with Crippen LogP contribution in [0.15, 0.2) is 18.2 Å². The van der Waals surface area contributed by atoms with Gasteiger partial charge in [-0.05, 0) is 30.5 Å². The van der Waals surface area contributed by atoms with E-state index < -0.39 is 0 Å². The van der Waals surface area contributed by atoms with Gasteiger partial charge >= 0.3 is 0 Å². The number of halogens is 1. The van der Waals surface area contributed by atoms with Crippen molar-refractivity contribution < 1.29 is 9.18 Å². The molecule has 2 rings (SSSR count). The molecule has 1 heterocycles. The molecule has 1 amide bonds. The molecule has 1 aromatic carbocycles. The summed E-state index contributed by atoms with van der Waals surface area (Å²) in [6.45, 7) is 4.76. The standard InChI is InChI=1S/C16H17FN2O/c1-4-12-13-9-11(17)5-6-14(13)19-15(12)16(20)18-8-7-10(2)3/h1,5-6,9-10,19H,7-8H2,2-3H3,(H,18,20). The lowest BCUT2D eigenvalue weighted by atomic mass is 10.1. The zero-order chi connectivity index (χ0) is 14.7. The van der Waals surface area contributed by atoms with Gasteiger partial charge in [-0.3, -0.25) is 4.79 Å². The fourth-order valence-corrected chi connectivity index (χ4v) is 2.05. The first-order valence-electron chi connectivity index (χ1n) is 6.59. The van der Waals surface area contributed by atoms with Gasteiger partial charge in [-0.15, -0.1) is 6.42 Å². The zero-order valence-electron chi connectivity index (χ0n) is 11.6. The topological polar surface area (TPSA) is 44.9 Å². The molecule has 0 aliphatic carbocycles. The number of aromatic amines is 1. The highest BCUT2D eigenvalue weighted by molar-refractivity contribution is 6.02. The van der Waals surface area contributed by atoms with Gasteiger partial charge in [0, 0.05) is 17.4 Å². The molecule has 0 fully saturated rings. The summed E-state index contributed by atoms with van der Waals surface area (Å²) in [5, 5.41) is 3.38. The lowest BCUT2D eigenvalue weighted by Gasteiger charge is -2.06. The van der Waals surface area contributed by atoms with Crippen molar-refractivity contribution in [2.45, 2.75) is 20.3 Å². The summed E-state index contributed by atoms with van der Waals surface area (Å²) < 4.78 is 13.3. The van der Waals surface area contributed by atoms with Crippen molar-refractivity contribution in [2.75, 3.05) is 6.54 Å². The Morgan fingerprint density at radius 2 is 2.25 bits per heavy atom. The van der Waals surface area contributed by atoms with E-state index in [1.165, 1.54) is 12.1 Å². The van der Waals surface area contributed by atoms with Gasteiger partial charge in [0.05, 0.1) is 5.56 Å². The van der Waals surface area contributed by atoms with E-state index in [9.17, 15) is 9.18 Å². The van der Waals surface area contributed by atoms with Crippen LogP contribution in [0.25, 0.3) is 10.9 Å². The average molecular weight is 272 g/mol. The Labute approximate surface area is 117 Å². The Bertz CT molecular complexity index is 680. The van der Waals surface area contributed by atoms with Gasteiger partial charge in [-0.25, -0.2) is 4.39 Å². The molecule has 4 heteroatoms. The molecule has 104 valence electrons. The fraction of sp³-hybridized carbons (Fsp3) is 0.312. The average Bonchev–Trinajstić information content (AvgIpc) is 2.75. The number of carbonyl (C=O) groups excluding carboxylic acids is 1. The minimum Gasteiger partial charge on any atom is -0.351 e. The number of carbonyl (C=O) groups is 1. The lowest BCUT2D eigenvalue weighted by molar-refractivity contribution is 0.0947. The summed E-state index contributed by atoms with van der Waals surface area (Å²) in [6, 6.07) is 4.25. The minimum absolute atomic E-state index is 0.254. The van der Waals surface area contributed by atoms with Crippen LogP contribution in [0.2, 0.25) is 0 Å². The van der Waals surface area contributed by atoms with Gasteiger partial charge in [-0.2, -0.15) is 0 Å². The minimum atomic E-state index is -0.375. The first kappa shape index (κ1) is 14.1. The van der Waals surface area contributed by atoms with E-state index in [-0.39, 0.29) is 11.7 Å². The second kappa shape index (κ2) is 5.79. The van der Waals surface area contributed by atoms with Crippen molar-refractivity contribution in [2.24, 2.45) is 5.92 Å². The number of rotatable bonds is 4. The number of benzene rings is 1. The van der Waals surface area contributed by atoms with Crippen molar-refractivity contribution in [3.63, 3.8) is 0 Å². The molecular formula is C16H17FN2O. The molecule has 2 N–H and O–H groups in total. The van der Waals surface area contributed by atoms with Gasteiger partial charge in [0.25, 0.3) is 5.91 Å². The largest absolute Gasteiger partial charge is 0.351 e. The molecule has 0 radical (unpaired) electrons. The maximum atomic E-state index is 13.3. The van der Waals surface area contributed by atoms with Gasteiger partial charge in [0.1, 0.15) is 11.5 Å². The number of fused-ring (bicyclic) bond motifs is 1. The first-order chi connectivity index (χ1) is 9.52. The van der Waals surface area contributed by atoms with Crippen LogP contribution in [-0.4, -0.2) is 17.4 Å². The normalized spacial score (nSPS) is 10.8. The van der Waals surface area contributed by atoms with E-state index in [2.05, 4.69) is 30.1 Å². The maximum absolute atomic E-state index is 13.3. The zero-order valence-corrected chi connectivity index (χ0v) is 11.6. The van der Waals surface area contributed by atoms with E-state index in [1.807, 2.05) is 0 Å². The predicted molar refractivity (Wildman–Crippen MR) is 78.0 cm³/mol. The maximum Gasteiger partial charge on any atom is 0.269 e. The van der Waals surface area contributed by atoms with E-state index in [0.29, 0.717) is 34.6 Å². The number of nitrogens with one attached hydrogen (secondary N) is 2. The molecule has 0 saturated carbocycles. The highest BCUT2D eigenvalue weighted by atomic mass is 19.1. The summed E-state index contributed by atoms with van der Waals surface area (Å²) in [6.07, 6.45) is 6.35. The third kappa shape index (κ3) is 2.83. The molecule has 20 heavy (non-hydrogen) atoms. The van der Waals surface area contributed by atoms with E-state index in [4.69, 9.17) is 6.42 Å². The van der Waals surface area contributed by atoms with E-state index in [0.717, 1.165) is 6.42 Å². The molecule has 1 aromatic heterocycles. The Kier molecular flexibility index (Phi) is 4.09. The van der Waals surface area contributed by atoms with Crippen molar-refractivity contribution in [1.82, 2.24) is 10.3 Å². The molecule has 2 aromatic rings. The van der Waals surface area contributed by atoms with Gasteiger partial charge in [-0.1, -0.05) is 19.8 Å². The molecule has 0 bridgehead atoms. The molecule has 3 nitrogen and oxygen atoms in total. The van der Waals surface area contributed by atoms with Crippen LogP contribution >= 0.6 is 0 Å².